The van der Waals surface area contributed by atoms with E-state index in [1.54, 1.807) is 56.3 Å². The van der Waals surface area contributed by atoms with Crippen LogP contribution in [-0.2, 0) is 14.8 Å². The average molecular weight is 482 g/mol. The zero-order valence-corrected chi connectivity index (χ0v) is 20.0. The van der Waals surface area contributed by atoms with E-state index in [0.29, 0.717) is 23.6 Å². The summed E-state index contributed by atoms with van der Waals surface area (Å²) in [5.41, 5.74) is 5.08. The highest BCUT2D eigenvalue weighted by Crippen LogP contribution is 2.28. The smallest absolute Gasteiger partial charge is 0.264 e. The van der Waals surface area contributed by atoms with Crippen LogP contribution in [0.25, 0.3) is 0 Å². The van der Waals surface area contributed by atoms with Crippen LogP contribution >= 0.6 is 0 Å². The van der Waals surface area contributed by atoms with Gasteiger partial charge in [0.05, 0.1) is 23.4 Å². The summed E-state index contributed by atoms with van der Waals surface area (Å²) in [6, 6.07) is 18.0. The van der Waals surface area contributed by atoms with E-state index in [2.05, 4.69) is 10.5 Å². The Morgan fingerprint density at radius 2 is 1.82 bits per heavy atom. The Morgan fingerprint density at radius 3 is 2.50 bits per heavy atom. The fourth-order valence-electron chi connectivity index (χ4n) is 3.33. The van der Waals surface area contributed by atoms with Crippen molar-refractivity contribution in [2.45, 2.75) is 25.7 Å². The monoisotopic (exact) mass is 481 g/mol. The minimum absolute atomic E-state index is 0.00161. The van der Waals surface area contributed by atoms with Gasteiger partial charge in [0, 0.05) is 0 Å². The van der Waals surface area contributed by atoms with Crippen LogP contribution in [0.2, 0.25) is 0 Å². The molecule has 0 bridgehead atoms. The molecule has 0 radical (unpaired) electrons. The zero-order chi connectivity index (χ0) is 24.7. The number of benzene rings is 3. The number of carbonyl (C=O) groups excluding carboxylic acids is 1. The Morgan fingerprint density at radius 1 is 1.09 bits per heavy atom. The van der Waals surface area contributed by atoms with E-state index in [0.717, 1.165) is 15.4 Å². The highest BCUT2D eigenvalue weighted by atomic mass is 32.2. The maximum absolute atomic E-state index is 13.4. The minimum Gasteiger partial charge on any atom is -0.504 e. The third-order valence-electron chi connectivity index (χ3n) is 4.93. The van der Waals surface area contributed by atoms with Crippen LogP contribution in [0.4, 0.5) is 5.69 Å². The standard InChI is InChI=1S/C25H27N3O5S/c1-4-33-24-15-20(11-13-23(24)29)16-26-27-25(30)17-28(22-12-10-18(2)14-19(22)3)34(31,32)21-8-6-5-7-9-21/h5-16,29H,4,17H2,1-3H3,(H,27,30). The number of aromatic hydroxyl groups is 1. The number of phenols is 1. The summed E-state index contributed by atoms with van der Waals surface area (Å²) in [6.45, 7) is 5.43. The van der Waals surface area contributed by atoms with Crippen molar-refractivity contribution in [3.8, 4) is 11.5 Å². The first-order valence-electron chi connectivity index (χ1n) is 10.6. The van der Waals surface area contributed by atoms with Gasteiger partial charge in [-0.2, -0.15) is 5.10 Å². The van der Waals surface area contributed by atoms with Crippen LogP contribution in [0.5, 0.6) is 11.5 Å². The molecule has 2 N–H and O–H groups in total. The van der Waals surface area contributed by atoms with Crippen molar-refractivity contribution < 1.29 is 23.1 Å². The first-order chi connectivity index (χ1) is 16.2. The molecule has 0 atom stereocenters. The molecule has 9 heteroatoms. The third-order valence-corrected chi connectivity index (χ3v) is 6.70. The lowest BCUT2D eigenvalue weighted by Crippen LogP contribution is -2.40. The Bertz CT molecular complexity index is 1290. The molecule has 0 unspecified atom stereocenters. The lowest BCUT2D eigenvalue weighted by atomic mass is 10.1. The molecule has 0 saturated heterocycles. The molecular formula is C25H27N3O5S. The molecular weight excluding hydrogens is 454 g/mol. The molecule has 0 heterocycles. The second-order valence-electron chi connectivity index (χ2n) is 7.57. The van der Waals surface area contributed by atoms with Crippen molar-refractivity contribution in [1.82, 2.24) is 5.43 Å². The Hall–Kier alpha value is -3.85. The summed E-state index contributed by atoms with van der Waals surface area (Å²) in [5, 5.41) is 13.7. The molecule has 1 amide bonds. The summed E-state index contributed by atoms with van der Waals surface area (Å²) in [6.07, 6.45) is 1.38. The first kappa shape index (κ1) is 24.8. The molecule has 3 aromatic rings. The highest BCUT2D eigenvalue weighted by Gasteiger charge is 2.28. The minimum atomic E-state index is -4.00. The number of rotatable bonds is 9. The lowest BCUT2D eigenvalue weighted by molar-refractivity contribution is -0.119. The van der Waals surface area contributed by atoms with Gasteiger partial charge in [-0.3, -0.25) is 9.10 Å². The molecule has 8 nitrogen and oxygen atoms in total. The van der Waals surface area contributed by atoms with E-state index in [9.17, 15) is 18.3 Å². The predicted molar refractivity (Wildman–Crippen MR) is 132 cm³/mol. The van der Waals surface area contributed by atoms with E-state index >= 15 is 0 Å². The van der Waals surface area contributed by atoms with Gasteiger partial charge in [0.1, 0.15) is 6.54 Å². The number of nitrogens with zero attached hydrogens (tertiary/aromatic N) is 2. The molecule has 3 rings (SSSR count). The summed E-state index contributed by atoms with van der Waals surface area (Å²) >= 11 is 0. The number of sulfonamides is 1. The maximum atomic E-state index is 13.4. The molecule has 0 spiro atoms. The van der Waals surface area contributed by atoms with E-state index < -0.39 is 22.5 Å². The van der Waals surface area contributed by atoms with Crippen LogP contribution in [0.1, 0.15) is 23.6 Å². The molecule has 0 aliphatic rings. The van der Waals surface area contributed by atoms with Crippen LogP contribution < -0.4 is 14.5 Å². The largest absolute Gasteiger partial charge is 0.504 e. The molecule has 0 aliphatic carbocycles. The molecule has 34 heavy (non-hydrogen) atoms. The molecule has 178 valence electrons. The van der Waals surface area contributed by atoms with E-state index in [4.69, 9.17) is 4.74 Å². The van der Waals surface area contributed by atoms with Crippen LogP contribution in [0, 0.1) is 13.8 Å². The first-order valence-corrected chi connectivity index (χ1v) is 12.1. The van der Waals surface area contributed by atoms with E-state index in [1.807, 2.05) is 13.0 Å². The van der Waals surface area contributed by atoms with Gasteiger partial charge in [-0.1, -0.05) is 35.9 Å². The fourth-order valence-corrected chi connectivity index (χ4v) is 4.84. The third kappa shape index (κ3) is 5.93. The quantitative estimate of drug-likeness (QED) is 0.357. The van der Waals surface area contributed by atoms with Gasteiger partial charge in [0.2, 0.25) is 0 Å². The molecule has 0 aliphatic heterocycles. The summed E-state index contributed by atoms with van der Waals surface area (Å²) < 4.78 is 33.2. The summed E-state index contributed by atoms with van der Waals surface area (Å²) in [5.74, 6) is -0.314. The number of amides is 1. The number of ether oxygens (including phenoxy) is 1. The van der Waals surface area contributed by atoms with Gasteiger partial charge in [-0.15, -0.1) is 0 Å². The fraction of sp³-hybridized carbons (Fsp3) is 0.200. The normalized spacial score (nSPS) is 11.4. The van der Waals surface area contributed by atoms with Gasteiger partial charge in [0.25, 0.3) is 15.9 Å². The molecule has 0 aromatic heterocycles. The summed E-state index contributed by atoms with van der Waals surface area (Å²) in [7, 11) is -4.00. The molecule has 0 fully saturated rings. The number of nitrogens with one attached hydrogen (secondary N) is 1. The van der Waals surface area contributed by atoms with Gasteiger partial charge in [0.15, 0.2) is 11.5 Å². The number of phenolic OH excluding ortho intramolecular Hbond substituents is 1. The number of hydrogen-bond acceptors (Lipinski definition) is 6. The van der Waals surface area contributed by atoms with E-state index in [1.165, 1.54) is 24.4 Å². The van der Waals surface area contributed by atoms with Crippen LogP contribution in [0.3, 0.4) is 0 Å². The lowest BCUT2D eigenvalue weighted by Gasteiger charge is -2.25. The number of aryl methyl sites for hydroxylation is 2. The Balaban J connectivity index is 1.83. The van der Waals surface area contributed by atoms with Crippen molar-refractivity contribution in [3.05, 3.63) is 83.4 Å². The number of hydrazone groups is 1. The summed E-state index contributed by atoms with van der Waals surface area (Å²) in [4.78, 5) is 12.8. The zero-order valence-electron chi connectivity index (χ0n) is 19.2. The van der Waals surface area contributed by atoms with Gasteiger partial charge in [-0.05, 0) is 68.3 Å². The van der Waals surface area contributed by atoms with Gasteiger partial charge < -0.3 is 9.84 Å². The van der Waals surface area contributed by atoms with E-state index in [-0.39, 0.29) is 10.6 Å². The van der Waals surface area contributed by atoms with Crippen molar-refractivity contribution >= 4 is 27.8 Å². The second kappa shape index (κ2) is 10.8. The number of hydrogen-bond donors (Lipinski definition) is 2. The molecule has 3 aromatic carbocycles. The average Bonchev–Trinajstić information content (AvgIpc) is 2.81. The van der Waals surface area contributed by atoms with Crippen molar-refractivity contribution in [3.63, 3.8) is 0 Å². The van der Waals surface area contributed by atoms with Gasteiger partial charge >= 0.3 is 0 Å². The molecule has 0 saturated carbocycles. The van der Waals surface area contributed by atoms with Crippen LogP contribution in [-0.4, -0.2) is 38.8 Å². The Labute approximate surface area is 199 Å². The highest BCUT2D eigenvalue weighted by molar-refractivity contribution is 7.92. The Kier molecular flexibility index (Phi) is 7.91. The SMILES string of the molecule is CCOc1cc(C=NNC(=O)CN(c2ccc(C)cc2C)S(=O)(=O)c2ccccc2)ccc1O. The van der Waals surface area contributed by atoms with Crippen molar-refractivity contribution in [2.24, 2.45) is 5.10 Å². The topological polar surface area (TPSA) is 108 Å². The number of anilines is 1. The van der Waals surface area contributed by atoms with Gasteiger partial charge in [-0.25, -0.2) is 13.8 Å². The number of carbonyl (C=O) groups is 1. The van der Waals surface area contributed by atoms with Crippen molar-refractivity contribution in [1.29, 1.82) is 0 Å². The second-order valence-corrected chi connectivity index (χ2v) is 9.43. The maximum Gasteiger partial charge on any atom is 0.264 e. The van der Waals surface area contributed by atoms with Crippen molar-refractivity contribution in [2.75, 3.05) is 17.5 Å². The predicted octanol–water partition coefficient (Wildman–Crippen LogP) is 3.75. The van der Waals surface area contributed by atoms with Crippen LogP contribution in [0.15, 0.2) is 76.7 Å².